The largest absolute Gasteiger partial charge is 0.490 e. The molecule has 1 atom stereocenters. The van der Waals surface area contributed by atoms with Crippen LogP contribution in [0.2, 0.25) is 0 Å². The molecule has 6 nitrogen and oxygen atoms in total. The maximum atomic E-state index is 11.6. The SMILES string of the molecule is CCNC(=NCc1ccc(C)cc1OC(C)CC)NCCc1ccc(S(C)(=O)=O)cc1. The van der Waals surface area contributed by atoms with E-state index in [1.165, 1.54) is 6.26 Å². The Bertz CT molecular complexity index is 970. The number of nitrogens with one attached hydrogen (secondary N) is 2. The summed E-state index contributed by atoms with van der Waals surface area (Å²) in [5, 5.41) is 6.62. The number of aryl methyl sites for hydroxylation is 1. The van der Waals surface area contributed by atoms with Crippen LogP contribution in [0.15, 0.2) is 52.4 Å². The zero-order valence-electron chi connectivity index (χ0n) is 19.2. The third-order valence-electron chi connectivity index (χ3n) is 4.94. The van der Waals surface area contributed by atoms with Crippen molar-refractivity contribution in [2.24, 2.45) is 4.99 Å². The second kappa shape index (κ2) is 11.7. The zero-order valence-corrected chi connectivity index (χ0v) is 20.1. The van der Waals surface area contributed by atoms with Crippen LogP contribution in [0.1, 0.15) is 43.9 Å². The fourth-order valence-corrected chi connectivity index (χ4v) is 3.57. The van der Waals surface area contributed by atoms with Crippen molar-refractivity contribution in [2.45, 2.75) is 58.1 Å². The van der Waals surface area contributed by atoms with E-state index < -0.39 is 9.84 Å². The van der Waals surface area contributed by atoms with Gasteiger partial charge in [0.1, 0.15) is 5.75 Å². The van der Waals surface area contributed by atoms with E-state index >= 15 is 0 Å². The topological polar surface area (TPSA) is 79.8 Å². The summed E-state index contributed by atoms with van der Waals surface area (Å²) < 4.78 is 29.3. The number of guanidine groups is 1. The minimum Gasteiger partial charge on any atom is -0.490 e. The molecule has 0 aliphatic heterocycles. The smallest absolute Gasteiger partial charge is 0.191 e. The maximum absolute atomic E-state index is 11.6. The van der Waals surface area contributed by atoms with E-state index in [9.17, 15) is 8.42 Å². The molecule has 1 unspecified atom stereocenters. The van der Waals surface area contributed by atoms with Crippen molar-refractivity contribution in [1.82, 2.24) is 10.6 Å². The molecule has 0 heterocycles. The van der Waals surface area contributed by atoms with Gasteiger partial charge in [0.05, 0.1) is 17.5 Å². The molecule has 2 rings (SSSR count). The van der Waals surface area contributed by atoms with E-state index in [4.69, 9.17) is 9.73 Å². The van der Waals surface area contributed by atoms with Gasteiger partial charge in [0.15, 0.2) is 15.8 Å². The molecule has 0 saturated heterocycles. The van der Waals surface area contributed by atoms with Crippen LogP contribution in [0.5, 0.6) is 5.75 Å². The van der Waals surface area contributed by atoms with E-state index in [2.05, 4.69) is 49.6 Å². The van der Waals surface area contributed by atoms with Crippen LogP contribution in [-0.4, -0.2) is 39.8 Å². The Hall–Kier alpha value is -2.54. The number of sulfone groups is 1. The molecule has 0 aliphatic rings. The highest BCUT2D eigenvalue weighted by atomic mass is 32.2. The highest BCUT2D eigenvalue weighted by Crippen LogP contribution is 2.23. The van der Waals surface area contributed by atoms with Crippen molar-refractivity contribution < 1.29 is 13.2 Å². The maximum Gasteiger partial charge on any atom is 0.191 e. The van der Waals surface area contributed by atoms with Gasteiger partial charge >= 0.3 is 0 Å². The normalized spacial score (nSPS) is 13.0. The molecule has 31 heavy (non-hydrogen) atoms. The first-order chi connectivity index (χ1) is 14.7. The van der Waals surface area contributed by atoms with Crippen LogP contribution in [0.25, 0.3) is 0 Å². The minimum atomic E-state index is -3.17. The predicted octanol–water partition coefficient (Wildman–Crippen LogP) is 3.87. The van der Waals surface area contributed by atoms with Gasteiger partial charge in [-0.3, -0.25) is 0 Å². The first-order valence-electron chi connectivity index (χ1n) is 10.8. The molecular formula is C24H35N3O3S. The van der Waals surface area contributed by atoms with Crippen molar-refractivity contribution in [1.29, 1.82) is 0 Å². The fraction of sp³-hybridized carbons (Fsp3) is 0.458. The number of hydrogen-bond donors (Lipinski definition) is 2. The number of hydrogen-bond acceptors (Lipinski definition) is 4. The number of benzene rings is 2. The van der Waals surface area contributed by atoms with Gasteiger partial charge in [0, 0.05) is 24.9 Å². The van der Waals surface area contributed by atoms with Gasteiger partial charge in [-0.1, -0.05) is 31.2 Å². The highest BCUT2D eigenvalue weighted by Gasteiger charge is 2.09. The number of ether oxygens (including phenoxy) is 1. The second-order valence-corrected chi connectivity index (χ2v) is 9.75. The quantitative estimate of drug-likeness (QED) is 0.429. The summed E-state index contributed by atoms with van der Waals surface area (Å²) in [7, 11) is -3.17. The molecule has 0 fully saturated rings. The van der Waals surface area contributed by atoms with Crippen molar-refractivity contribution in [3.63, 3.8) is 0 Å². The van der Waals surface area contributed by atoms with Gasteiger partial charge in [-0.2, -0.15) is 0 Å². The van der Waals surface area contributed by atoms with Crippen molar-refractivity contribution >= 4 is 15.8 Å². The average Bonchev–Trinajstić information content (AvgIpc) is 2.72. The molecule has 0 bridgehead atoms. The number of aliphatic imine (C=N–C) groups is 1. The molecule has 2 aromatic carbocycles. The lowest BCUT2D eigenvalue weighted by atomic mass is 10.1. The van der Waals surface area contributed by atoms with Crippen LogP contribution in [0, 0.1) is 6.92 Å². The number of nitrogens with zero attached hydrogens (tertiary/aromatic N) is 1. The fourth-order valence-electron chi connectivity index (χ4n) is 2.94. The van der Waals surface area contributed by atoms with Crippen LogP contribution in [0.4, 0.5) is 0 Å². The zero-order chi connectivity index (χ0) is 22.9. The third kappa shape index (κ3) is 8.25. The monoisotopic (exact) mass is 445 g/mol. The molecular weight excluding hydrogens is 410 g/mol. The van der Waals surface area contributed by atoms with Crippen LogP contribution >= 0.6 is 0 Å². The Morgan fingerprint density at radius 3 is 2.42 bits per heavy atom. The third-order valence-corrected chi connectivity index (χ3v) is 6.06. The molecule has 0 aromatic heterocycles. The summed E-state index contributed by atoms with van der Waals surface area (Å²) in [5.74, 6) is 1.63. The predicted molar refractivity (Wildman–Crippen MR) is 128 cm³/mol. The average molecular weight is 446 g/mol. The van der Waals surface area contributed by atoms with Gasteiger partial charge in [0.2, 0.25) is 0 Å². The summed E-state index contributed by atoms with van der Waals surface area (Å²) in [5.41, 5.74) is 3.29. The molecule has 2 N–H and O–H groups in total. The lowest BCUT2D eigenvalue weighted by Crippen LogP contribution is -2.38. The summed E-state index contributed by atoms with van der Waals surface area (Å²) in [6.45, 7) is 10.2. The Morgan fingerprint density at radius 1 is 1.10 bits per heavy atom. The minimum absolute atomic E-state index is 0.157. The molecule has 2 aromatic rings. The van der Waals surface area contributed by atoms with Gasteiger partial charge < -0.3 is 15.4 Å². The summed E-state index contributed by atoms with van der Waals surface area (Å²) in [6, 6.07) is 13.2. The molecule has 7 heteroatoms. The standard InChI is InChI=1S/C24H35N3O3S/c1-6-19(4)30-23-16-18(3)8-11-21(23)17-27-24(25-7-2)26-15-14-20-9-12-22(13-10-20)31(5,28)29/h8-13,16,19H,6-7,14-15,17H2,1-5H3,(H2,25,26,27). The molecule has 0 spiro atoms. The lowest BCUT2D eigenvalue weighted by molar-refractivity contribution is 0.215. The Labute approximate surface area is 187 Å². The highest BCUT2D eigenvalue weighted by molar-refractivity contribution is 7.90. The van der Waals surface area contributed by atoms with E-state index in [0.717, 1.165) is 47.8 Å². The lowest BCUT2D eigenvalue weighted by Gasteiger charge is -2.17. The molecule has 170 valence electrons. The second-order valence-electron chi connectivity index (χ2n) is 7.74. The van der Waals surface area contributed by atoms with E-state index in [1.54, 1.807) is 12.1 Å². The van der Waals surface area contributed by atoms with Crippen molar-refractivity contribution in [2.75, 3.05) is 19.3 Å². The van der Waals surface area contributed by atoms with E-state index in [-0.39, 0.29) is 6.10 Å². The van der Waals surface area contributed by atoms with Crippen LogP contribution in [0.3, 0.4) is 0 Å². The van der Waals surface area contributed by atoms with Crippen molar-refractivity contribution in [3.8, 4) is 5.75 Å². The van der Waals surface area contributed by atoms with Gasteiger partial charge in [-0.25, -0.2) is 13.4 Å². The molecule has 0 amide bonds. The Kier molecular flexibility index (Phi) is 9.37. The Balaban J connectivity index is 2.01. The molecule has 0 aliphatic carbocycles. The van der Waals surface area contributed by atoms with Crippen molar-refractivity contribution in [3.05, 3.63) is 59.2 Å². The van der Waals surface area contributed by atoms with Gasteiger partial charge in [-0.05, 0) is 62.9 Å². The summed E-state index contributed by atoms with van der Waals surface area (Å²) in [6.07, 6.45) is 3.09. The summed E-state index contributed by atoms with van der Waals surface area (Å²) >= 11 is 0. The number of rotatable bonds is 10. The van der Waals surface area contributed by atoms with Gasteiger partial charge in [0.25, 0.3) is 0 Å². The van der Waals surface area contributed by atoms with Crippen LogP contribution in [-0.2, 0) is 22.8 Å². The first-order valence-corrected chi connectivity index (χ1v) is 12.7. The van der Waals surface area contributed by atoms with E-state index in [1.807, 2.05) is 19.1 Å². The first kappa shape index (κ1) is 24.7. The summed E-state index contributed by atoms with van der Waals surface area (Å²) in [4.78, 5) is 5.06. The molecule has 0 saturated carbocycles. The van der Waals surface area contributed by atoms with Gasteiger partial charge in [-0.15, -0.1) is 0 Å². The molecule has 0 radical (unpaired) electrons. The van der Waals surface area contributed by atoms with Crippen LogP contribution < -0.4 is 15.4 Å². The van der Waals surface area contributed by atoms with E-state index in [0.29, 0.717) is 18.0 Å². The Morgan fingerprint density at radius 2 is 1.81 bits per heavy atom.